The minimum Gasteiger partial charge on any atom is 0 e. The molecule has 0 aliphatic heterocycles. The summed E-state index contributed by atoms with van der Waals surface area (Å²) in [5.41, 5.74) is 13.2. The van der Waals surface area contributed by atoms with Crippen molar-refractivity contribution in [2.24, 2.45) is 0 Å². The summed E-state index contributed by atoms with van der Waals surface area (Å²) in [4.78, 5) is 15.5. The number of halogens is 4. The van der Waals surface area contributed by atoms with Crippen LogP contribution in [0.2, 0.25) is 0 Å². The van der Waals surface area contributed by atoms with Crippen molar-refractivity contribution in [1.29, 1.82) is 0 Å². The van der Waals surface area contributed by atoms with Crippen LogP contribution in [0.5, 0.6) is 0 Å². The summed E-state index contributed by atoms with van der Waals surface area (Å²) in [6.45, 7) is 5.57. The molecule has 0 bridgehead atoms. The molecule has 2 aromatic heterocycles. The monoisotopic (exact) mass is 968 g/mol. The summed E-state index contributed by atoms with van der Waals surface area (Å²) < 4.78 is 0. The molecule has 0 saturated heterocycles. The Morgan fingerprint density at radius 3 is 1.71 bits per heavy atom. The third-order valence-electron chi connectivity index (χ3n) is 1.84. The van der Waals surface area contributed by atoms with E-state index in [0.717, 1.165) is 17.1 Å². The normalized spacial score (nSPS) is 7.46. The fourth-order valence-corrected chi connectivity index (χ4v) is 0.973. The Balaban J connectivity index is -0.000000124. The Labute approximate surface area is 246 Å². The molecule has 0 fully saturated rings. The summed E-state index contributed by atoms with van der Waals surface area (Å²) in [7, 11) is 0.628. The molecule has 0 amide bonds. The largest absolute Gasteiger partial charge is 0 e. The second-order valence-electron chi connectivity index (χ2n) is 3.55. The van der Waals surface area contributed by atoms with E-state index in [1.54, 1.807) is 12.4 Å². The van der Waals surface area contributed by atoms with Gasteiger partial charge in [0.25, 0.3) is 0 Å². The maximum atomic E-state index is 5.42. The van der Waals surface area contributed by atoms with E-state index in [0.29, 0.717) is 21.1 Å². The molecule has 2 aromatic rings. The van der Waals surface area contributed by atoms with Gasteiger partial charge in [-0.2, -0.15) is 0 Å². The molecule has 0 spiro atoms. The molecule has 2 heterocycles. The van der Waals surface area contributed by atoms with Crippen molar-refractivity contribution in [3.63, 3.8) is 0 Å². The number of nitrogens with two attached hydrogens (primary N) is 2. The van der Waals surface area contributed by atoms with Crippen molar-refractivity contribution in [3.05, 3.63) is 35.7 Å². The molecule has 0 aromatic carbocycles. The summed E-state index contributed by atoms with van der Waals surface area (Å²) in [5, 5.41) is 0. The molecule has 2 radical (unpaired) electrons. The minimum absolute atomic E-state index is 0. The quantitative estimate of drug-likeness (QED) is 0.301. The van der Waals surface area contributed by atoms with Gasteiger partial charge in [-0.05, 0) is 20.0 Å². The molecule has 0 saturated carbocycles. The minimum atomic E-state index is 0. The number of hydrogen-bond acceptors (Lipinski definition) is 6. The van der Waals surface area contributed by atoms with E-state index in [1.165, 1.54) is 0 Å². The second kappa shape index (κ2) is 24.5. The number of hydrogen-bond donors (Lipinski definition) is 2. The van der Waals surface area contributed by atoms with E-state index < -0.39 is 0 Å². The van der Waals surface area contributed by atoms with Crippen molar-refractivity contribution in [3.8, 4) is 0 Å². The standard InChI is InChI=1S/C6H9N3.C5H6N3.I2.2HI.V.2Y/c1-4-3-8-6(7)5(2)9-4;1-4-2-8-5(6)3-7-4;1-2;;;;;/h3H,1-2H3,(H2,7,8);2H,1H3,(H2,6,8);;2*1H;;;/q;-1;;;;+2;;/p-2. The number of aromatic nitrogens is 4. The molecule has 13 heteroatoms. The fourth-order valence-electron chi connectivity index (χ4n) is 0.973. The molecule has 129 valence electrons. The van der Waals surface area contributed by atoms with Crippen molar-refractivity contribution in [2.45, 2.75) is 20.8 Å². The van der Waals surface area contributed by atoms with Crippen molar-refractivity contribution in [1.82, 2.24) is 19.9 Å². The van der Waals surface area contributed by atoms with E-state index in [1.807, 2.05) is 20.8 Å². The Kier molecular flexibility index (Phi) is 35.7. The molecule has 0 atom stereocenters. The summed E-state index contributed by atoms with van der Waals surface area (Å²) in [6, 6.07) is 0. The topological polar surface area (TPSA) is 104 Å². The van der Waals surface area contributed by atoms with E-state index in [9.17, 15) is 0 Å². The van der Waals surface area contributed by atoms with Crippen LogP contribution in [0.15, 0.2) is 12.4 Å². The number of rotatable bonds is 0. The maximum absolute atomic E-state index is 5.42. The number of anilines is 2. The first kappa shape index (κ1) is 34.9. The smallest absolute Gasteiger partial charge is 0 e. The van der Waals surface area contributed by atoms with Gasteiger partial charge in [-0.3, -0.25) is 9.97 Å². The van der Waals surface area contributed by atoms with E-state index >= 15 is 0 Å². The zero-order chi connectivity index (χ0) is 17.5. The van der Waals surface area contributed by atoms with Gasteiger partial charge in [0.15, 0.2) is 0 Å². The average Bonchev–Trinajstić information content (AvgIpc) is 2.50. The summed E-state index contributed by atoms with van der Waals surface area (Å²) in [5.74, 6) is 0.858. The van der Waals surface area contributed by atoms with Gasteiger partial charge < -0.3 is 16.5 Å². The van der Waals surface area contributed by atoms with Crippen LogP contribution in [-0.4, -0.2) is 19.9 Å². The van der Waals surface area contributed by atoms with Gasteiger partial charge in [0, 0.05) is 108 Å². The van der Waals surface area contributed by atoms with Crippen LogP contribution in [-0.2, 0) is 74.9 Å². The molecule has 0 aliphatic carbocycles. The Bertz CT molecular complexity index is 503. The predicted molar refractivity (Wildman–Crippen MR) is 122 cm³/mol. The van der Waals surface area contributed by atoms with Crippen LogP contribution in [0.4, 0.5) is 11.6 Å². The van der Waals surface area contributed by atoms with Gasteiger partial charge in [0.05, 0.1) is 17.6 Å². The first-order valence-corrected chi connectivity index (χ1v) is 20.8. The third kappa shape index (κ3) is 21.8. The number of nitrogen functional groups attached to an aromatic ring is 2. The van der Waals surface area contributed by atoms with Crippen molar-refractivity contribution in [2.75, 3.05) is 11.5 Å². The second-order valence-corrected chi connectivity index (χ2v) is 15.3. The first-order valence-electron chi connectivity index (χ1n) is 5.49. The average molecular weight is 968 g/mol. The fraction of sp³-hybridized carbons (Fsp3) is 0.273. The molecular formula is C11H15I4N6VY2-. The predicted octanol–water partition coefficient (Wildman–Crippen LogP) is 4.38. The number of nitrogens with zero attached hydrogens (tertiary/aromatic N) is 4. The van der Waals surface area contributed by atoms with Gasteiger partial charge in [0.1, 0.15) is 5.82 Å². The first-order chi connectivity index (χ1) is 10.4. The maximum Gasteiger partial charge on any atom is 0 e. The van der Waals surface area contributed by atoms with Crippen molar-refractivity contribution < 1.29 is 74.9 Å². The molecule has 24 heavy (non-hydrogen) atoms. The van der Waals surface area contributed by atoms with Gasteiger partial charge in [-0.15, -0.1) is 6.20 Å². The van der Waals surface area contributed by atoms with Gasteiger partial charge in [-0.25, -0.2) is 4.98 Å². The Hall–Kier alpha value is 3.47. The van der Waals surface area contributed by atoms with Gasteiger partial charge in [0.2, 0.25) is 0 Å². The summed E-state index contributed by atoms with van der Waals surface area (Å²) >= 11 is 8.98. The van der Waals surface area contributed by atoms with Crippen LogP contribution in [0, 0.1) is 27.0 Å². The number of aryl methyl sites for hydroxylation is 3. The van der Waals surface area contributed by atoms with Gasteiger partial charge in [-0.1, -0.05) is 12.6 Å². The van der Waals surface area contributed by atoms with E-state index in [2.05, 4.69) is 103 Å². The molecule has 0 unspecified atom stereocenters. The summed E-state index contributed by atoms with van der Waals surface area (Å²) in [6.07, 6.45) is 5.77. The zero-order valence-corrected chi connectivity index (χ0v) is 28.9. The van der Waals surface area contributed by atoms with E-state index in [4.69, 9.17) is 11.5 Å². The Morgan fingerprint density at radius 2 is 1.42 bits per heavy atom. The van der Waals surface area contributed by atoms with Gasteiger partial charge >= 0.3 is 49.4 Å². The van der Waals surface area contributed by atoms with Crippen LogP contribution >= 0.6 is 77.2 Å². The molecule has 4 N–H and O–H groups in total. The SMILES string of the molecule is Cc1cnc(N)[c-]n1.Cc1cnc(N)c(C)n1.II.[I][V][I].[Y].[Y]. The van der Waals surface area contributed by atoms with Crippen LogP contribution in [0.3, 0.4) is 0 Å². The Morgan fingerprint density at radius 1 is 0.958 bits per heavy atom. The zero-order valence-electron chi connectivity index (χ0n) is 13.2. The van der Waals surface area contributed by atoms with Crippen LogP contribution in [0.1, 0.15) is 17.1 Å². The molecule has 2 rings (SSSR count). The van der Waals surface area contributed by atoms with Crippen LogP contribution < -0.4 is 11.5 Å². The molecular weight excluding hydrogens is 953 g/mol. The van der Waals surface area contributed by atoms with Crippen molar-refractivity contribution >= 4 is 88.8 Å². The van der Waals surface area contributed by atoms with Crippen LogP contribution in [0.25, 0.3) is 0 Å². The van der Waals surface area contributed by atoms with E-state index in [-0.39, 0.29) is 65.4 Å². The molecule has 6 nitrogen and oxygen atoms in total. The third-order valence-corrected chi connectivity index (χ3v) is 1.84. The molecule has 0 aliphatic rings.